The monoisotopic (exact) mass is 348 g/mol. The number of halogens is 1. The van der Waals surface area contributed by atoms with E-state index >= 15 is 0 Å². The number of benzene rings is 1. The molecule has 0 saturated carbocycles. The summed E-state index contributed by atoms with van der Waals surface area (Å²) in [6.45, 7) is -0.804. The molecule has 9 heteroatoms. The molecule has 0 spiro atoms. The molecular formula is C16H13FN2O6. The van der Waals surface area contributed by atoms with Crippen LogP contribution in [0.3, 0.4) is 0 Å². The number of hydrogen-bond donors (Lipinski definition) is 1. The first-order chi connectivity index (χ1) is 12.0. The second kappa shape index (κ2) is 5.64. The van der Waals surface area contributed by atoms with Crippen LogP contribution in [0.15, 0.2) is 47.4 Å². The minimum atomic E-state index is -2.64. The topological polar surface area (TPSA) is 99.9 Å². The number of rotatable bonds is 3. The van der Waals surface area contributed by atoms with E-state index in [1.807, 2.05) is 0 Å². The molecule has 130 valence electrons. The highest BCUT2D eigenvalue weighted by Gasteiger charge is 2.61. The molecule has 1 unspecified atom stereocenters. The number of nitrogens with zero attached hydrogens (tertiary/aromatic N) is 2. The Morgan fingerprint density at radius 2 is 2.12 bits per heavy atom. The van der Waals surface area contributed by atoms with E-state index in [2.05, 4.69) is 4.98 Å². The summed E-state index contributed by atoms with van der Waals surface area (Å²) in [5.74, 6) is -3.38. The van der Waals surface area contributed by atoms with Gasteiger partial charge in [0.15, 0.2) is 25.0 Å². The Morgan fingerprint density at radius 3 is 2.88 bits per heavy atom. The number of carbonyl (C=O) groups is 1. The number of aliphatic hydroxyl groups is 1. The third-order valence-corrected chi connectivity index (χ3v) is 4.08. The van der Waals surface area contributed by atoms with Crippen LogP contribution >= 0.6 is 0 Å². The van der Waals surface area contributed by atoms with Crippen LogP contribution in [0.2, 0.25) is 0 Å². The number of ether oxygens (including phenoxy) is 3. The van der Waals surface area contributed by atoms with Crippen LogP contribution in [0.1, 0.15) is 16.6 Å². The summed E-state index contributed by atoms with van der Waals surface area (Å²) < 4.78 is 31.7. The minimum absolute atomic E-state index is 0.0649. The predicted octanol–water partition coefficient (Wildman–Crippen LogP) is 0.417. The Bertz CT molecular complexity index is 872. The zero-order valence-corrected chi connectivity index (χ0v) is 12.7. The molecule has 0 bridgehead atoms. The lowest BCUT2D eigenvalue weighted by atomic mass is 10.1. The molecule has 2 aromatic rings. The Kier molecular flexibility index (Phi) is 3.55. The lowest BCUT2D eigenvalue weighted by molar-refractivity contribution is -0.208. The van der Waals surface area contributed by atoms with Crippen molar-refractivity contribution in [2.75, 3.05) is 6.61 Å². The molecule has 1 N–H and O–H groups in total. The molecule has 2 aliphatic rings. The molecule has 0 aliphatic carbocycles. The van der Waals surface area contributed by atoms with E-state index in [4.69, 9.17) is 14.2 Å². The molecule has 1 aromatic heterocycles. The van der Waals surface area contributed by atoms with E-state index in [0.29, 0.717) is 0 Å². The van der Waals surface area contributed by atoms with Crippen molar-refractivity contribution in [3.63, 3.8) is 0 Å². The summed E-state index contributed by atoms with van der Waals surface area (Å²) in [6.07, 6.45) is -2.50. The summed E-state index contributed by atoms with van der Waals surface area (Å²) >= 11 is 0. The van der Waals surface area contributed by atoms with Crippen LogP contribution in [0, 0.1) is 0 Å². The van der Waals surface area contributed by atoms with Gasteiger partial charge in [-0.05, 0) is 12.1 Å². The number of carbonyl (C=O) groups excluding carboxylic acids is 1. The molecule has 3 heterocycles. The van der Waals surface area contributed by atoms with E-state index in [-0.39, 0.29) is 11.6 Å². The summed E-state index contributed by atoms with van der Waals surface area (Å²) in [6, 6.07) is 9.16. The molecule has 0 amide bonds. The second-order valence-electron chi connectivity index (χ2n) is 5.72. The summed E-state index contributed by atoms with van der Waals surface area (Å²) in [4.78, 5) is 26.8. The quantitative estimate of drug-likeness (QED) is 0.802. The normalized spacial score (nSPS) is 29.6. The van der Waals surface area contributed by atoms with Crippen LogP contribution in [-0.2, 0) is 9.47 Å². The lowest BCUT2D eigenvalue weighted by Gasteiger charge is -2.24. The van der Waals surface area contributed by atoms with Crippen molar-refractivity contribution >= 4 is 5.97 Å². The fraction of sp³-hybridized carbons (Fsp3) is 0.312. The number of aromatic nitrogens is 2. The Morgan fingerprint density at radius 1 is 1.36 bits per heavy atom. The highest BCUT2D eigenvalue weighted by atomic mass is 19.2. The SMILES string of the molecule is O=C(OC[C@@]1(F)O[C@@H]2C(Oc3nc(=O)ccn32)[C@@H]1O)c1ccccc1. The van der Waals surface area contributed by atoms with Gasteiger partial charge in [0.05, 0.1) is 5.56 Å². The van der Waals surface area contributed by atoms with E-state index < -0.39 is 42.4 Å². The van der Waals surface area contributed by atoms with Crippen molar-refractivity contribution in [2.45, 2.75) is 24.3 Å². The predicted molar refractivity (Wildman–Crippen MR) is 79.6 cm³/mol. The highest BCUT2D eigenvalue weighted by Crippen LogP contribution is 2.44. The van der Waals surface area contributed by atoms with Crippen LogP contribution in [0.25, 0.3) is 0 Å². The maximum atomic E-state index is 15.0. The average molecular weight is 348 g/mol. The molecule has 0 radical (unpaired) electrons. The van der Waals surface area contributed by atoms with E-state index in [1.54, 1.807) is 18.2 Å². The third kappa shape index (κ3) is 2.57. The van der Waals surface area contributed by atoms with Gasteiger partial charge in [-0.15, -0.1) is 0 Å². The molecule has 4 atom stereocenters. The molecule has 1 aromatic carbocycles. The fourth-order valence-electron chi connectivity index (χ4n) is 2.82. The molecule has 2 aliphatic heterocycles. The highest BCUT2D eigenvalue weighted by molar-refractivity contribution is 5.89. The second-order valence-corrected chi connectivity index (χ2v) is 5.72. The Hall–Kier alpha value is -2.78. The van der Waals surface area contributed by atoms with Gasteiger partial charge in [0.25, 0.3) is 11.4 Å². The van der Waals surface area contributed by atoms with E-state index in [0.717, 1.165) is 0 Å². The van der Waals surface area contributed by atoms with Gasteiger partial charge in [0.1, 0.15) is 0 Å². The van der Waals surface area contributed by atoms with Crippen LogP contribution in [0.5, 0.6) is 6.01 Å². The third-order valence-electron chi connectivity index (χ3n) is 4.08. The van der Waals surface area contributed by atoms with Crippen LogP contribution in [-0.4, -0.2) is 45.3 Å². The minimum Gasteiger partial charge on any atom is -0.456 e. The lowest BCUT2D eigenvalue weighted by Crippen LogP contribution is -2.45. The van der Waals surface area contributed by atoms with E-state index in [9.17, 15) is 19.1 Å². The average Bonchev–Trinajstić information content (AvgIpc) is 3.07. The molecular weight excluding hydrogens is 335 g/mol. The first-order valence-corrected chi connectivity index (χ1v) is 7.51. The van der Waals surface area contributed by atoms with Crippen molar-refractivity contribution in [2.24, 2.45) is 0 Å². The molecule has 4 rings (SSSR count). The molecule has 8 nitrogen and oxygen atoms in total. The zero-order chi connectivity index (χ0) is 17.6. The van der Waals surface area contributed by atoms with Crippen LogP contribution in [0.4, 0.5) is 4.39 Å². The van der Waals surface area contributed by atoms with Gasteiger partial charge in [-0.3, -0.25) is 9.36 Å². The van der Waals surface area contributed by atoms with Gasteiger partial charge >= 0.3 is 12.0 Å². The van der Waals surface area contributed by atoms with Gasteiger partial charge in [-0.25, -0.2) is 9.18 Å². The number of alkyl halides is 1. The van der Waals surface area contributed by atoms with Crippen molar-refractivity contribution in [1.29, 1.82) is 0 Å². The van der Waals surface area contributed by atoms with Gasteiger partial charge < -0.3 is 19.3 Å². The van der Waals surface area contributed by atoms with Gasteiger partial charge in [0, 0.05) is 12.3 Å². The Labute approximate surface area is 140 Å². The maximum Gasteiger partial charge on any atom is 0.338 e. The van der Waals surface area contributed by atoms with Crippen molar-refractivity contribution in [1.82, 2.24) is 9.55 Å². The van der Waals surface area contributed by atoms with Gasteiger partial charge in [-0.1, -0.05) is 18.2 Å². The van der Waals surface area contributed by atoms with Gasteiger partial charge in [-0.2, -0.15) is 4.98 Å². The number of fused-ring (bicyclic) bond motifs is 3. The first kappa shape index (κ1) is 15.7. The van der Waals surface area contributed by atoms with Crippen molar-refractivity contribution in [3.8, 4) is 6.01 Å². The molecule has 1 saturated heterocycles. The largest absolute Gasteiger partial charge is 0.456 e. The fourth-order valence-corrected chi connectivity index (χ4v) is 2.82. The molecule has 1 fully saturated rings. The first-order valence-electron chi connectivity index (χ1n) is 7.51. The smallest absolute Gasteiger partial charge is 0.338 e. The summed E-state index contributed by atoms with van der Waals surface area (Å²) in [5.41, 5.74) is -0.272. The number of esters is 1. The number of hydrogen-bond acceptors (Lipinski definition) is 7. The van der Waals surface area contributed by atoms with Gasteiger partial charge in [0.2, 0.25) is 0 Å². The van der Waals surface area contributed by atoms with Crippen LogP contribution < -0.4 is 10.3 Å². The van der Waals surface area contributed by atoms with Crippen molar-refractivity contribution < 1.29 is 28.5 Å². The Balaban J connectivity index is 1.49. The van der Waals surface area contributed by atoms with E-state index in [1.165, 1.54) is 29.0 Å². The molecule has 25 heavy (non-hydrogen) atoms. The summed E-state index contributed by atoms with van der Waals surface area (Å²) in [5, 5.41) is 10.2. The zero-order valence-electron chi connectivity index (χ0n) is 12.7. The number of aliphatic hydroxyl groups excluding tert-OH is 1. The summed E-state index contributed by atoms with van der Waals surface area (Å²) in [7, 11) is 0. The maximum absolute atomic E-state index is 15.0. The standard InChI is InChI=1S/C16H13FN2O6/c17-16(8-23-14(22)9-4-2-1-3-5-9)12(21)11-13(25-16)19-7-6-10(20)18-15(19)24-11/h1-7,11-13,21H,8H2/t11?,12-,13+,16+/m0/s1. The van der Waals surface area contributed by atoms with Crippen molar-refractivity contribution in [3.05, 3.63) is 58.5 Å².